The quantitative estimate of drug-likeness (QED) is 0.820. The fourth-order valence-electron chi connectivity index (χ4n) is 1.15. The zero-order valence-corrected chi connectivity index (χ0v) is 10.2. The van der Waals surface area contributed by atoms with E-state index in [9.17, 15) is 9.90 Å². The van der Waals surface area contributed by atoms with E-state index >= 15 is 0 Å². The van der Waals surface area contributed by atoms with Crippen molar-refractivity contribution < 1.29 is 14.3 Å². The molecule has 1 aromatic heterocycles. The summed E-state index contributed by atoms with van der Waals surface area (Å²) in [6.45, 7) is 7.12. The average molecular weight is 225 g/mol. The van der Waals surface area contributed by atoms with Crippen LogP contribution in [0, 0.1) is 0 Å². The van der Waals surface area contributed by atoms with Crippen molar-refractivity contribution >= 4 is 5.91 Å². The average Bonchev–Trinajstić information content (AvgIpc) is 2.64. The maximum atomic E-state index is 11.8. The summed E-state index contributed by atoms with van der Waals surface area (Å²) in [7, 11) is 0. The maximum Gasteiger partial charge on any atom is 0.287 e. The minimum Gasteiger partial charge on any atom is -0.456 e. The summed E-state index contributed by atoms with van der Waals surface area (Å²) in [5.74, 6) is 0.760. The lowest BCUT2D eigenvalue weighted by molar-refractivity contribution is 0.0686. The van der Waals surface area contributed by atoms with E-state index < -0.39 is 11.6 Å². The Morgan fingerprint density at radius 1 is 1.56 bits per heavy atom. The fraction of sp³-hybridized carbons (Fsp3) is 0.583. The van der Waals surface area contributed by atoms with E-state index in [0.717, 1.165) is 12.2 Å². The summed E-state index contributed by atoms with van der Waals surface area (Å²) in [6.07, 6.45) is 0.129. The molecule has 0 fully saturated rings. The molecule has 4 nitrogen and oxygen atoms in total. The molecule has 0 aromatic carbocycles. The van der Waals surface area contributed by atoms with Gasteiger partial charge >= 0.3 is 0 Å². The smallest absolute Gasteiger partial charge is 0.287 e. The van der Waals surface area contributed by atoms with Crippen molar-refractivity contribution in [3.63, 3.8) is 0 Å². The van der Waals surface area contributed by atoms with Crippen LogP contribution in [-0.2, 0) is 6.42 Å². The van der Waals surface area contributed by atoms with Crippen molar-refractivity contribution in [3.8, 4) is 0 Å². The van der Waals surface area contributed by atoms with E-state index in [0.29, 0.717) is 0 Å². The van der Waals surface area contributed by atoms with Crippen LogP contribution in [0.1, 0.15) is 44.0 Å². The summed E-state index contributed by atoms with van der Waals surface area (Å²) < 4.78 is 5.33. The maximum absolute atomic E-state index is 11.8. The second-order valence-corrected chi connectivity index (χ2v) is 4.47. The molecule has 16 heavy (non-hydrogen) atoms. The van der Waals surface area contributed by atoms with Crippen LogP contribution in [0.2, 0.25) is 0 Å². The molecular formula is C12H19NO3. The Morgan fingerprint density at radius 2 is 2.19 bits per heavy atom. The van der Waals surface area contributed by atoms with Gasteiger partial charge in [0, 0.05) is 6.42 Å². The standard InChI is InChI=1S/C12H19NO3/c1-5-9-6-7-10(16-9)11(15)13-12(3,4)8(2)14/h6-8,14H,5H2,1-4H3,(H,13,15). The third-order valence-electron chi connectivity index (χ3n) is 2.71. The van der Waals surface area contributed by atoms with Crippen LogP contribution in [-0.4, -0.2) is 22.7 Å². The summed E-state index contributed by atoms with van der Waals surface area (Å²) in [6, 6.07) is 3.43. The first kappa shape index (κ1) is 12.8. The Bertz CT molecular complexity index is 366. The van der Waals surface area contributed by atoms with E-state index in [1.165, 1.54) is 0 Å². The number of furan rings is 1. The lowest BCUT2D eigenvalue weighted by atomic mass is 9.99. The molecule has 0 aliphatic rings. The molecule has 0 aliphatic carbocycles. The van der Waals surface area contributed by atoms with E-state index in [2.05, 4.69) is 5.32 Å². The highest BCUT2D eigenvalue weighted by Crippen LogP contribution is 2.12. The van der Waals surface area contributed by atoms with Crippen LogP contribution >= 0.6 is 0 Å². The summed E-state index contributed by atoms with van der Waals surface area (Å²) in [5.41, 5.74) is -0.670. The van der Waals surface area contributed by atoms with Crippen LogP contribution in [0.3, 0.4) is 0 Å². The summed E-state index contributed by atoms with van der Waals surface area (Å²) >= 11 is 0. The molecular weight excluding hydrogens is 206 g/mol. The van der Waals surface area contributed by atoms with E-state index in [1.54, 1.807) is 32.9 Å². The van der Waals surface area contributed by atoms with Crippen molar-refractivity contribution in [2.75, 3.05) is 0 Å². The third-order valence-corrected chi connectivity index (χ3v) is 2.71. The van der Waals surface area contributed by atoms with Crippen LogP contribution in [0.15, 0.2) is 16.5 Å². The van der Waals surface area contributed by atoms with Gasteiger partial charge in [-0.1, -0.05) is 6.92 Å². The van der Waals surface area contributed by atoms with Crippen molar-refractivity contribution in [2.24, 2.45) is 0 Å². The first-order valence-electron chi connectivity index (χ1n) is 5.46. The predicted molar refractivity (Wildman–Crippen MR) is 61.3 cm³/mol. The molecule has 0 radical (unpaired) electrons. The number of aryl methyl sites for hydroxylation is 1. The normalized spacial score (nSPS) is 13.6. The van der Waals surface area contributed by atoms with Crippen LogP contribution in [0.4, 0.5) is 0 Å². The van der Waals surface area contributed by atoms with Crippen molar-refractivity contribution in [1.82, 2.24) is 5.32 Å². The molecule has 0 aliphatic heterocycles. The molecule has 0 spiro atoms. The zero-order valence-electron chi connectivity index (χ0n) is 10.2. The number of aliphatic hydroxyl groups excluding tert-OH is 1. The van der Waals surface area contributed by atoms with Gasteiger partial charge in [0.25, 0.3) is 5.91 Å². The molecule has 0 bridgehead atoms. The highest BCUT2D eigenvalue weighted by atomic mass is 16.3. The molecule has 0 saturated carbocycles. The predicted octanol–water partition coefficient (Wildman–Crippen LogP) is 1.73. The lowest BCUT2D eigenvalue weighted by Gasteiger charge is -2.28. The molecule has 2 N–H and O–H groups in total. The minimum atomic E-state index is -0.670. The van der Waals surface area contributed by atoms with Gasteiger partial charge in [-0.2, -0.15) is 0 Å². The number of hydrogen-bond acceptors (Lipinski definition) is 3. The lowest BCUT2D eigenvalue weighted by Crippen LogP contribution is -2.50. The Labute approximate surface area is 95.7 Å². The molecule has 1 unspecified atom stereocenters. The monoisotopic (exact) mass is 225 g/mol. The number of nitrogens with one attached hydrogen (secondary N) is 1. The molecule has 90 valence electrons. The Kier molecular flexibility index (Phi) is 3.75. The van der Waals surface area contributed by atoms with Crippen molar-refractivity contribution in [2.45, 2.75) is 45.8 Å². The van der Waals surface area contributed by atoms with Gasteiger partial charge in [0.05, 0.1) is 11.6 Å². The van der Waals surface area contributed by atoms with Gasteiger partial charge in [0.1, 0.15) is 5.76 Å². The number of amides is 1. The van der Waals surface area contributed by atoms with Gasteiger partial charge in [-0.05, 0) is 32.9 Å². The van der Waals surface area contributed by atoms with E-state index in [4.69, 9.17) is 4.42 Å². The fourth-order valence-corrected chi connectivity index (χ4v) is 1.15. The summed E-state index contributed by atoms with van der Waals surface area (Å²) in [5, 5.41) is 12.2. The van der Waals surface area contributed by atoms with Gasteiger partial charge in [-0.3, -0.25) is 4.79 Å². The highest BCUT2D eigenvalue weighted by Gasteiger charge is 2.27. The van der Waals surface area contributed by atoms with Crippen LogP contribution in [0.25, 0.3) is 0 Å². The highest BCUT2D eigenvalue weighted by molar-refractivity contribution is 5.92. The topological polar surface area (TPSA) is 62.5 Å². The van der Waals surface area contributed by atoms with Gasteiger partial charge in [0.15, 0.2) is 5.76 Å². The van der Waals surface area contributed by atoms with Crippen LogP contribution in [0.5, 0.6) is 0 Å². The molecule has 4 heteroatoms. The molecule has 1 amide bonds. The summed E-state index contributed by atoms with van der Waals surface area (Å²) in [4.78, 5) is 11.8. The molecule has 1 aromatic rings. The number of hydrogen-bond donors (Lipinski definition) is 2. The molecule has 1 rings (SSSR count). The van der Waals surface area contributed by atoms with Gasteiger partial charge in [0.2, 0.25) is 0 Å². The molecule has 0 saturated heterocycles. The Balaban J connectivity index is 2.72. The number of rotatable bonds is 4. The first-order chi connectivity index (χ1) is 7.36. The first-order valence-corrected chi connectivity index (χ1v) is 5.46. The number of carbonyl (C=O) groups excluding carboxylic acids is 1. The second kappa shape index (κ2) is 4.70. The zero-order chi connectivity index (χ0) is 12.3. The Hall–Kier alpha value is -1.29. The van der Waals surface area contributed by atoms with E-state index in [-0.39, 0.29) is 11.7 Å². The molecule has 1 heterocycles. The van der Waals surface area contributed by atoms with Gasteiger partial charge in [-0.15, -0.1) is 0 Å². The van der Waals surface area contributed by atoms with Crippen molar-refractivity contribution in [1.29, 1.82) is 0 Å². The second-order valence-electron chi connectivity index (χ2n) is 4.47. The largest absolute Gasteiger partial charge is 0.456 e. The van der Waals surface area contributed by atoms with Gasteiger partial charge in [-0.25, -0.2) is 0 Å². The Morgan fingerprint density at radius 3 is 2.62 bits per heavy atom. The SMILES string of the molecule is CCc1ccc(C(=O)NC(C)(C)C(C)O)o1. The third kappa shape index (κ3) is 2.85. The van der Waals surface area contributed by atoms with Gasteiger partial charge < -0.3 is 14.8 Å². The van der Waals surface area contributed by atoms with Crippen LogP contribution < -0.4 is 5.32 Å². The number of aliphatic hydroxyl groups is 1. The van der Waals surface area contributed by atoms with Crippen molar-refractivity contribution in [3.05, 3.63) is 23.7 Å². The number of carbonyl (C=O) groups is 1. The molecule has 1 atom stereocenters. The van der Waals surface area contributed by atoms with E-state index in [1.807, 2.05) is 6.92 Å². The minimum absolute atomic E-state index is 0.283.